The fourth-order valence-corrected chi connectivity index (χ4v) is 1.46. The average molecular weight is 265 g/mol. The maximum absolute atomic E-state index is 13.2. The summed E-state index contributed by atoms with van der Waals surface area (Å²) in [6.07, 6.45) is 1.26. The molecule has 0 radical (unpaired) electrons. The second-order valence-electron chi connectivity index (χ2n) is 3.52. The molecule has 0 aliphatic carbocycles. The van der Waals surface area contributed by atoms with Gasteiger partial charge in [0.1, 0.15) is 0 Å². The summed E-state index contributed by atoms with van der Waals surface area (Å²) in [7, 11) is 0. The molecule has 0 fully saturated rings. The molecule has 17 heavy (non-hydrogen) atoms. The number of hydrogen-bond donors (Lipinski definition) is 2. The van der Waals surface area contributed by atoms with Crippen LogP contribution in [0.1, 0.15) is 31.4 Å². The molecule has 0 unspecified atom stereocenters. The first-order valence-corrected chi connectivity index (χ1v) is 4.89. The van der Waals surface area contributed by atoms with Crippen LogP contribution in [-0.4, -0.2) is 10.0 Å². The van der Waals surface area contributed by atoms with E-state index in [0.717, 1.165) is 12.5 Å². The van der Waals surface area contributed by atoms with Crippen LogP contribution >= 0.6 is 12.4 Å². The Kier molecular flexibility index (Phi) is 5.84. The maximum Gasteiger partial charge on any atom is 0.272 e. The van der Waals surface area contributed by atoms with Gasteiger partial charge in [-0.05, 0) is 6.42 Å². The Hall–Kier alpha value is -1.40. The number of rotatable bonds is 4. The topological polar surface area (TPSA) is 89.4 Å². The molecule has 7 heteroatoms. The van der Waals surface area contributed by atoms with Crippen LogP contribution in [0.5, 0.6) is 5.75 Å². The van der Waals surface area contributed by atoms with E-state index in [2.05, 4.69) is 0 Å². The molecule has 0 aliphatic rings. The molecule has 0 heterocycles. The monoisotopic (exact) mass is 264 g/mol. The Morgan fingerprint density at radius 1 is 1.59 bits per heavy atom. The second kappa shape index (κ2) is 6.36. The highest BCUT2D eigenvalue weighted by Crippen LogP contribution is 2.32. The fraction of sp³-hybridized carbons (Fsp3) is 0.400. The van der Waals surface area contributed by atoms with E-state index < -0.39 is 28.2 Å². The summed E-state index contributed by atoms with van der Waals surface area (Å²) in [6, 6.07) is 1.19. The molecule has 1 rings (SSSR count). The van der Waals surface area contributed by atoms with Crippen LogP contribution in [0.3, 0.4) is 0 Å². The second-order valence-corrected chi connectivity index (χ2v) is 3.52. The van der Waals surface area contributed by atoms with Gasteiger partial charge in [-0.15, -0.1) is 12.4 Å². The van der Waals surface area contributed by atoms with E-state index in [4.69, 9.17) is 5.73 Å². The molecule has 0 bridgehead atoms. The number of nitro groups is 1. The molecule has 96 valence electrons. The normalized spacial score (nSPS) is 11.7. The number of benzene rings is 1. The van der Waals surface area contributed by atoms with Crippen molar-refractivity contribution >= 4 is 18.1 Å². The van der Waals surface area contributed by atoms with Crippen LogP contribution in [0.15, 0.2) is 12.1 Å². The highest BCUT2D eigenvalue weighted by Gasteiger charge is 2.19. The first-order valence-electron chi connectivity index (χ1n) is 4.89. The van der Waals surface area contributed by atoms with Crippen molar-refractivity contribution in [2.45, 2.75) is 25.8 Å². The molecule has 0 aromatic heterocycles. The minimum atomic E-state index is -1.02. The Morgan fingerprint density at radius 2 is 2.18 bits per heavy atom. The van der Waals surface area contributed by atoms with Gasteiger partial charge in [0.05, 0.1) is 11.0 Å². The summed E-state index contributed by atoms with van der Waals surface area (Å²) < 4.78 is 13.2. The predicted octanol–water partition coefficient (Wildman–Crippen LogP) is 2.66. The lowest BCUT2D eigenvalue weighted by Gasteiger charge is -2.12. The summed E-state index contributed by atoms with van der Waals surface area (Å²) >= 11 is 0. The van der Waals surface area contributed by atoms with Gasteiger partial charge in [0.15, 0.2) is 11.6 Å². The van der Waals surface area contributed by atoms with E-state index >= 15 is 0 Å². The van der Waals surface area contributed by atoms with Crippen molar-refractivity contribution in [2.75, 3.05) is 0 Å². The SMILES string of the molecule is CCC[C@@H](N)c1cc([N+](=O)[O-])cc(F)c1O.Cl. The molecule has 3 N–H and O–H groups in total. The highest BCUT2D eigenvalue weighted by molar-refractivity contribution is 5.85. The van der Waals surface area contributed by atoms with E-state index in [1.54, 1.807) is 0 Å². The zero-order valence-electron chi connectivity index (χ0n) is 9.22. The zero-order valence-corrected chi connectivity index (χ0v) is 10.0. The minimum absolute atomic E-state index is 0. The van der Waals surface area contributed by atoms with E-state index in [1.165, 1.54) is 0 Å². The van der Waals surface area contributed by atoms with Crippen molar-refractivity contribution in [3.05, 3.63) is 33.6 Å². The molecular formula is C10H14ClFN2O3. The zero-order chi connectivity index (χ0) is 12.3. The standard InChI is InChI=1S/C10H13FN2O3.ClH/c1-2-3-9(12)7-4-6(13(15)16)5-8(11)10(7)14;/h4-5,9,14H,2-3,12H2,1H3;1H/t9-;/m1./s1. The molecule has 5 nitrogen and oxygen atoms in total. The minimum Gasteiger partial charge on any atom is -0.505 e. The van der Waals surface area contributed by atoms with Crippen LogP contribution in [0.4, 0.5) is 10.1 Å². The van der Waals surface area contributed by atoms with Crippen molar-refractivity contribution < 1.29 is 14.4 Å². The summed E-state index contributed by atoms with van der Waals surface area (Å²) in [4.78, 5) is 9.80. The average Bonchev–Trinajstić information content (AvgIpc) is 2.21. The van der Waals surface area contributed by atoms with E-state index in [9.17, 15) is 19.6 Å². The molecule has 1 aromatic rings. The van der Waals surface area contributed by atoms with Gasteiger partial charge in [-0.3, -0.25) is 10.1 Å². The third kappa shape index (κ3) is 3.54. The summed E-state index contributed by atoms with van der Waals surface area (Å²) in [5.41, 5.74) is 5.37. The van der Waals surface area contributed by atoms with Gasteiger partial charge in [-0.1, -0.05) is 13.3 Å². The summed E-state index contributed by atoms with van der Waals surface area (Å²) in [5.74, 6) is -1.62. The lowest BCUT2D eigenvalue weighted by atomic mass is 10.0. The van der Waals surface area contributed by atoms with Crippen molar-refractivity contribution in [1.29, 1.82) is 0 Å². The molecular weight excluding hydrogens is 251 g/mol. The Balaban J connectivity index is 0.00000256. The van der Waals surface area contributed by atoms with Crippen LogP contribution in [0.2, 0.25) is 0 Å². The molecule has 1 atom stereocenters. The number of nitro benzene ring substituents is 1. The van der Waals surface area contributed by atoms with Crippen LogP contribution < -0.4 is 5.73 Å². The van der Waals surface area contributed by atoms with Gasteiger partial charge in [-0.25, -0.2) is 4.39 Å². The van der Waals surface area contributed by atoms with Crippen molar-refractivity contribution in [2.24, 2.45) is 5.73 Å². The maximum atomic E-state index is 13.2. The molecule has 0 saturated heterocycles. The molecule has 0 spiro atoms. The number of aromatic hydroxyl groups is 1. The lowest BCUT2D eigenvalue weighted by molar-refractivity contribution is -0.385. The first kappa shape index (κ1) is 15.6. The van der Waals surface area contributed by atoms with Gasteiger partial charge in [0.25, 0.3) is 5.69 Å². The van der Waals surface area contributed by atoms with Crippen LogP contribution in [-0.2, 0) is 0 Å². The predicted molar refractivity (Wildman–Crippen MR) is 63.8 cm³/mol. The number of nitrogens with two attached hydrogens (primary N) is 1. The van der Waals surface area contributed by atoms with Gasteiger partial charge < -0.3 is 10.8 Å². The summed E-state index contributed by atoms with van der Waals surface area (Å²) in [5, 5.41) is 19.9. The van der Waals surface area contributed by atoms with E-state index in [-0.39, 0.29) is 18.0 Å². The number of halogens is 2. The largest absolute Gasteiger partial charge is 0.505 e. The van der Waals surface area contributed by atoms with E-state index in [0.29, 0.717) is 12.5 Å². The number of hydrogen-bond acceptors (Lipinski definition) is 4. The number of nitrogens with zero attached hydrogens (tertiary/aromatic N) is 1. The Labute approximate surface area is 104 Å². The van der Waals surface area contributed by atoms with Crippen molar-refractivity contribution in [3.8, 4) is 5.75 Å². The van der Waals surface area contributed by atoms with Crippen molar-refractivity contribution in [3.63, 3.8) is 0 Å². The summed E-state index contributed by atoms with van der Waals surface area (Å²) in [6.45, 7) is 1.88. The van der Waals surface area contributed by atoms with Crippen LogP contribution in [0.25, 0.3) is 0 Å². The Morgan fingerprint density at radius 3 is 2.65 bits per heavy atom. The fourth-order valence-electron chi connectivity index (χ4n) is 1.46. The third-order valence-corrected chi connectivity index (χ3v) is 2.29. The highest BCUT2D eigenvalue weighted by atomic mass is 35.5. The molecule has 1 aromatic carbocycles. The van der Waals surface area contributed by atoms with Gasteiger partial charge in [-0.2, -0.15) is 0 Å². The molecule has 0 aliphatic heterocycles. The number of non-ortho nitro benzene ring substituents is 1. The quantitative estimate of drug-likeness (QED) is 0.646. The van der Waals surface area contributed by atoms with Crippen LogP contribution in [0, 0.1) is 15.9 Å². The lowest BCUT2D eigenvalue weighted by Crippen LogP contribution is -2.11. The van der Waals surface area contributed by atoms with Crippen molar-refractivity contribution in [1.82, 2.24) is 0 Å². The molecule has 0 saturated carbocycles. The Bertz CT molecular complexity index is 415. The van der Waals surface area contributed by atoms with Gasteiger partial charge in [0.2, 0.25) is 0 Å². The van der Waals surface area contributed by atoms with E-state index in [1.807, 2.05) is 6.92 Å². The number of phenolic OH excluding ortho intramolecular Hbond substituents is 1. The van der Waals surface area contributed by atoms with Gasteiger partial charge >= 0.3 is 0 Å². The third-order valence-electron chi connectivity index (χ3n) is 2.29. The molecule has 0 amide bonds. The van der Waals surface area contributed by atoms with Gasteiger partial charge in [0, 0.05) is 17.7 Å². The number of phenols is 1. The smallest absolute Gasteiger partial charge is 0.272 e. The first-order chi connectivity index (χ1) is 7.47.